The van der Waals surface area contributed by atoms with Crippen LogP contribution in [0.15, 0.2) is 0 Å². The molecule has 0 aliphatic carbocycles. The third-order valence-electron chi connectivity index (χ3n) is 2.45. The molecular weight excluding hydrogens is 196 g/mol. The van der Waals surface area contributed by atoms with Crippen molar-refractivity contribution < 1.29 is 4.74 Å². The van der Waals surface area contributed by atoms with Gasteiger partial charge in [0.2, 0.25) is 0 Å². The maximum atomic E-state index is 5.34. The summed E-state index contributed by atoms with van der Waals surface area (Å²) in [6, 6.07) is 0. The number of nitrogens with one attached hydrogen (secondary N) is 2. The summed E-state index contributed by atoms with van der Waals surface area (Å²) in [4.78, 5) is 0. The van der Waals surface area contributed by atoms with Gasteiger partial charge in [-0.1, -0.05) is 13.3 Å². The summed E-state index contributed by atoms with van der Waals surface area (Å²) in [5.41, 5.74) is 0.0380. The highest BCUT2D eigenvalue weighted by Gasteiger charge is 2.29. The average molecular weight is 216 g/mol. The predicted molar refractivity (Wildman–Crippen MR) is 62.5 cm³/mol. The molecule has 1 unspecified atom stereocenters. The van der Waals surface area contributed by atoms with Gasteiger partial charge >= 0.3 is 0 Å². The number of rotatable bonds is 4. The van der Waals surface area contributed by atoms with Gasteiger partial charge < -0.3 is 15.4 Å². The molecule has 0 amide bonds. The van der Waals surface area contributed by atoms with Crippen molar-refractivity contribution in [1.82, 2.24) is 10.6 Å². The van der Waals surface area contributed by atoms with Gasteiger partial charge in [0, 0.05) is 13.2 Å². The van der Waals surface area contributed by atoms with Crippen LogP contribution in [0.5, 0.6) is 0 Å². The van der Waals surface area contributed by atoms with Gasteiger partial charge in [-0.2, -0.15) is 0 Å². The molecule has 1 heterocycles. The molecule has 1 aliphatic heterocycles. The van der Waals surface area contributed by atoms with Crippen LogP contribution < -0.4 is 10.6 Å². The third kappa shape index (κ3) is 3.80. The Bertz CT molecular complexity index is 191. The van der Waals surface area contributed by atoms with Crippen molar-refractivity contribution in [3.63, 3.8) is 0 Å². The Morgan fingerprint density at radius 3 is 2.93 bits per heavy atom. The fourth-order valence-electron chi connectivity index (χ4n) is 1.46. The van der Waals surface area contributed by atoms with Gasteiger partial charge in [0.1, 0.15) is 0 Å². The lowest BCUT2D eigenvalue weighted by molar-refractivity contribution is 0.177. The number of unbranched alkanes of at least 4 members (excludes halogenated alkanes) is 1. The first-order chi connectivity index (χ1) is 6.66. The summed E-state index contributed by atoms with van der Waals surface area (Å²) in [5, 5.41) is 7.27. The molecule has 0 saturated carbocycles. The molecule has 1 fully saturated rings. The van der Waals surface area contributed by atoms with Gasteiger partial charge in [0.15, 0.2) is 5.11 Å². The summed E-state index contributed by atoms with van der Waals surface area (Å²) in [7, 11) is 0. The molecule has 0 aromatic heterocycles. The first-order valence-electron chi connectivity index (χ1n) is 5.30. The van der Waals surface area contributed by atoms with Crippen molar-refractivity contribution in [1.29, 1.82) is 0 Å². The van der Waals surface area contributed by atoms with Crippen molar-refractivity contribution in [2.24, 2.45) is 0 Å². The quantitative estimate of drug-likeness (QED) is 0.550. The van der Waals surface area contributed by atoms with E-state index in [9.17, 15) is 0 Å². The fourth-order valence-corrected chi connectivity index (χ4v) is 1.81. The second kappa shape index (κ2) is 5.51. The number of hydrogen-bond acceptors (Lipinski definition) is 2. The molecule has 0 radical (unpaired) electrons. The molecule has 14 heavy (non-hydrogen) atoms. The molecule has 1 atom stereocenters. The van der Waals surface area contributed by atoms with E-state index < -0.39 is 0 Å². The van der Waals surface area contributed by atoms with E-state index >= 15 is 0 Å². The van der Waals surface area contributed by atoms with Crippen molar-refractivity contribution in [3.05, 3.63) is 0 Å². The molecule has 0 aromatic rings. The maximum absolute atomic E-state index is 5.34. The van der Waals surface area contributed by atoms with Gasteiger partial charge in [-0.05, 0) is 32.0 Å². The number of ether oxygens (including phenoxy) is 1. The largest absolute Gasteiger partial charge is 0.379 e. The van der Waals surface area contributed by atoms with Crippen LogP contribution in [0.4, 0.5) is 0 Å². The molecule has 1 saturated heterocycles. The minimum atomic E-state index is 0.0380. The zero-order chi connectivity index (χ0) is 10.4. The van der Waals surface area contributed by atoms with Crippen molar-refractivity contribution >= 4 is 17.3 Å². The van der Waals surface area contributed by atoms with Crippen LogP contribution >= 0.6 is 12.2 Å². The Balaban J connectivity index is 2.19. The van der Waals surface area contributed by atoms with E-state index in [-0.39, 0.29) is 5.54 Å². The van der Waals surface area contributed by atoms with E-state index in [1.165, 1.54) is 6.42 Å². The Hall–Kier alpha value is -0.350. The Morgan fingerprint density at radius 2 is 2.36 bits per heavy atom. The van der Waals surface area contributed by atoms with E-state index in [1.807, 2.05) is 0 Å². The molecule has 0 bridgehead atoms. The lowest BCUT2D eigenvalue weighted by Gasteiger charge is -2.25. The van der Waals surface area contributed by atoms with Crippen molar-refractivity contribution in [2.45, 2.75) is 38.6 Å². The summed E-state index contributed by atoms with van der Waals surface area (Å²) >= 11 is 5.20. The minimum Gasteiger partial charge on any atom is -0.379 e. The van der Waals surface area contributed by atoms with Gasteiger partial charge in [-0.3, -0.25) is 0 Å². The normalized spacial score (nSPS) is 26.1. The average Bonchev–Trinajstić information content (AvgIpc) is 2.52. The van der Waals surface area contributed by atoms with Crippen LogP contribution in [-0.2, 0) is 4.74 Å². The van der Waals surface area contributed by atoms with E-state index in [2.05, 4.69) is 24.5 Å². The molecule has 1 rings (SSSR count). The summed E-state index contributed by atoms with van der Waals surface area (Å²) in [6.45, 7) is 6.86. The van der Waals surface area contributed by atoms with Crippen LogP contribution in [0.25, 0.3) is 0 Å². The van der Waals surface area contributed by atoms with Crippen molar-refractivity contribution in [2.75, 3.05) is 19.8 Å². The standard InChI is InChI=1S/C10H20N2OS/c1-3-4-6-11-9(14)12-10(2)5-7-13-8-10/h3-8H2,1-2H3,(H2,11,12,14). The predicted octanol–water partition coefficient (Wildman–Crippen LogP) is 1.43. The lowest BCUT2D eigenvalue weighted by atomic mass is 10.0. The van der Waals surface area contributed by atoms with Gasteiger partial charge in [-0.25, -0.2) is 0 Å². The van der Waals surface area contributed by atoms with E-state index in [0.717, 1.165) is 37.7 Å². The van der Waals surface area contributed by atoms with Crippen LogP contribution in [0, 0.1) is 0 Å². The van der Waals surface area contributed by atoms with Crippen molar-refractivity contribution in [3.8, 4) is 0 Å². The molecular formula is C10H20N2OS. The molecule has 0 spiro atoms. The number of thiocarbonyl (C=S) groups is 1. The third-order valence-corrected chi connectivity index (χ3v) is 2.70. The van der Waals surface area contributed by atoms with E-state index in [1.54, 1.807) is 0 Å². The van der Waals surface area contributed by atoms with E-state index in [4.69, 9.17) is 17.0 Å². The van der Waals surface area contributed by atoms with Gasteiger partial charge in [0.05, 0.1) is 12.1 Å². The van der Waals surface area contributed by atoms with Crippen LogP contribution in [0.2, 0.25) is 0 Å². The molecule has 0 aromatic carbocycles. The highest BCUT2D eigenvalue weighted by molar-refractivity contribution is 7.80. The fraction of sp³-hybridized carbons (Fsp3) is 0.900. The molecule has 1 aliphatic rings. The van der Waals surface area contributed by atoms with Crippen LogP contribution in [-0.4, -0.2) is 30.4 Å². The Kier molecular flexibility index (Phi) is 4.62. The molecule has 4 heteroatoms. The topological polar surface area (TPSA) is 33.3 Å². The first kappa shape index (κ1) is 11.7. The first-order valence-corrected chi connectivity index (χ1v) is 5.71. The highest BCUT2D eigenvalue weighted by atomic mass is 32.1. The summed E-state index contributed by atoms with van der Waals surface area (Å²) in [6.07, 6.45) is 3.38. The second-order valence-electron chi connectivity index (χ2n) is 4.10. The second-order valence-corrected chi connectivity index (χ2v) is 4.51. The number of hydrogen-bond donors (Lipinski definition) is 2. The zero-order valence-electron chi connectivity index (χ0n) is 9.06. The van der Waals surface area contributed by atoms with Gasteiger partial charge in [-0.15, -0.1) is 0 Å². The van der Waals surface area contributed by atoms with Gasteiger partial charge in [0.25, 0.3) is 0 Å². The SMILES string of the molecule is CCCCNC(=S)NC1(C)CCOC1. The zero-order valence-corrected chi connectivity index (χ0v) is 9.88. The molecule has 82 valence electrons. The van der Waals surface area contributed by atoms with Crippen LogP contribution in [0.1, 0.15) is 33.1 Å². The molecule has 3 nitrogen and oxygen atoms in total. The molecule has 2 N–H and O–H groups in total. The minimum absolute atomic E-state index is 0.0380. The lowest BCUT2D eigenvalue weighted by Crippen LogP contribution is -2.50. The summed E-state index contributed by atoms with van der Waals surface area (Å²) < 4.78 is 5.34. The summed E-state index contributed by atoms with van der Waals surface area (Å²) in [5.74, 6) is 0. The van der Waals surface area contributed by atoms with E-state index in [0.29, 0.717) is 0 Å². The Labute approximate surface area is 91.6 Å². The highest BCUT2D eigenvalue weighted by Crippen LogP contribution is 2.16. The monoisotopic (exact) mass is 216 g/mol. The maximum Gasteiger partial charge on any atom is 0.166 e. The van der Waals surface area contributed by atoms with Crippen LogP contribution in [0.3, 0.4) is 0 Å². The smallest absolute Gasteiger partial charge is 0.166 e. The Morgan fingerprint density at radius 1 is 1.57 bits per heavy atom.